The van der Waals surface area contributed by atoms with Gasteiger partial charge in [-0.05, 0) is 38.0 Å². The van der Waals surface area contributed by atoms with Gasteiger partial charge in [0.05, 0.1) is 0 Å². The average molecular weight is 272 g/mol. The molecule has 3 heteroatoms. The number of halogens is 1. The van der Waals surface area contributed by atoms with Gasteiger partial charge in [-0.15, -0.1) is 0 Å². The van der Waals surface area contributed by atoms with Gasteiger partial charge in [0.1, 0.15) is 0 Å². The maximum absolute atomic E-state index is 8.74. The minimum atomic E-state index is 0.288. The third-order valence-electron chi connectivity index (χ3n) is 2.39. The summed E-state index contributed by atoms with van der Waals surface area (Å²) in [6.07, 6.45) is 1.92. The Morgan fingerprint density at radius 3 is 2.73 bits per heavy atom. The molecular formula is C12H18BrNO. The van der Waals surface area contributed by atoms with Crippen LogP contribution in [-0.2, 0) is 0 Å². The van der Waals surface area contributed by atoms with Crippen LogP contribution < -0.4 is 4.90 Å². The number of aliphatic hydroxyl groups excluding tert-OH is 1. The van der Waals surface area contributed by atoms with E-state index >= 15 is 0 Å². The summed E-state index contributed by atoms with van der Waals surface area (Å²) in [5.74, 6) is 0. The number of hydrogen-bond donors (Lipinski definition) is 1. The normalized spacial score (nSPS) is 10.3. The van der Waals surface area contributed by atoms with Gasteiger partial charge >= 0.3 is 0 Å². The van der Waals surface area contributed by atoms with Crippen molar-refractivity contribution in [2.24, 2.45) is 0 Å². The molecule has 1 aromatic carbocycles. The van der Waals surface area contributed by atoms with Gasteiger partial charge in [0.2, 0.25) is 0 Å². The first kappa shape index (κ1) is 12.5. The minimum Gasteiger partial charge on any atom is -0.396 e. The molecule has 0 unspecified atom stereocenters. The summed E-state index contributed by atoms with van der Waals surface area (Å²) in [5.41, 5.74) is 1.24. The topological polar surface area (TPSA) is 23.5 Å². The molecule has 1 N–H and O–H groups in total. The van der Waals surface area contributed by atoms with E-state index in [1.165, 1.54) is 5.69 Å². The van der Waals surface area contributed by atoms with Crippen molar-refractivity contribution in [3.8, 4) is 0 Å². The molecule has 0 spiro atoms. The van der Waals surface area contributed by atoms with Crippen molar-refractivity contribution in [1.29, 1.82) is 0 Å². The molecule has 1 rings (SSSR count). The average Bonchev–Trinajstić information content (AvgIpc) is 2.24. The van der Waals surface area contributed by atoms with Crippen LogP contribution in [0, 0.1) is 0 Å². The third-order valence-corrected chi connectivity index (χ3v) is 2.88. The fourth-order valence-electron chi connectivity index (χ4n) is 1.56. The molecule has 0 aliphatic rings. The monoisotopic (exact) mass is 271 g/mol. The van der Waals surface area contributed by atoms with Crippen LogP contribution in [0.15, 0.2) is 28.7 Å². The number of nitrogens with zero attached hydrogens (tertiary/aromatic N) is 1. The van der Waals surface area contributed by atoms with Crippen molar-refractivity contribution in [3.05, 3.63) is 28.7 Å². The van der Waals surface area contributed by atoms with Crippen LogP contribution in [0.3, 0.4) is 0 Å². The predicted molar refractivity (Wildman–Crippen MR) is 68.3 cm³/mol. The summed E-state index contributed by atoms with van der Waals surface area (Å²) < 4.78 is 1.11. The zero-order valence-corrected chi connectivity index (χ0v) is 10.7. The fourth-order valence-corrected chi connectivity index (χ4v) is 1.94. The van der Waals surface area contributed by atoms with Gasteiger partial charge in [0, 0.05) is 29.9 Å². The van der Waals surface area contributed by atoms with Crippen molar-refractivity contribution < 1.29 is 5.11 Å². The highest BCUT2D eigenvalue weighted by molar-refractivity contribution is 9.10. The highest BCUT2D eigenvalue weighted by Crippen LogP contribution is 2.20. The van der Waals surface area contributed by atoms with Crippen molar-refractivity contribution in [2.45, 2.75) is 19.8 Å². The summed E-state index contributed by atoms with van der Waals surface area (Å²) in [6, 6.07) is 8.33. The first-order chi connectivity index (χ1) is 7.27. The first-order valence-corrected chi connectivity index (χ1v) is 6.18. The molecule has 0 saturated heterocycles. The summed E-state index contributed by atoms with van der Waals surface area (Å²) in [6.45, 7) is 4.45. The molecule has 2 nitrogen and oxygen atoms in total. The van der Waals surface area contributed by atoms with Crippen molar-refractivity contribution in [1.82, 2.24) is 0 Å². The van der Waals surface area contributed by atoms with Crippen LogP contribution in [0.1, 0.15) is 19.8 Å². The molecule has 0 bridgehead atoms. The second kappa shape index (κ2) is 6.85. The Kier molecular flexibility index (Phi) is 5.73. The molecule has 0 aliphatic carbocycles. The summed E-state index contributed by atoms with van der Waals surface area (Å²) in [5, 5.41) is 8.74. The Morgan fingerprint density at radius 1 is 1.33 bits per heavy atom. The number of anilines is 1. The van der Waals surface area contributed by atoms with Crippen LogP contribution in [0.5, 0.6) is 0 Å². The van der Waals surface area contributed by atoms with E-state index in [0.29, 0.717) is 0 Å². The molecule has 84 valence electrons. The molecule has 0 amide bonds. The van der Waals surface area contributed by atoms with E-state index in [1.807, 2.05) is 12.1 Å². The van der Waals surface area contributed by atoms with E-state index in [9.17, 15) is 0 Å². The minimum absolute atomic E-state index is 0.288. The number of unbranched alkanes of at least 4 members (excludes halogenated alkanes) is 1. The summed E-state index contributed by atoms with van der Waals surface area (Å²) in [7, 11) is 0. The Labute approximate surface area is 100 Å². The van der Waals surface area contributed by atoms with E-state index in [2.05, 4.69) is 39.9 Å². The zero-order chi connectivity index (χ0) is 11.1. The number of benzene rings is 1. The Balaban J connectivity index is 2.57. The lowest BCUT2D eigenvalue weighted by Crippen LogP contribution is -2.23. The Bertz CT molecular complexity index is 291. The molecule has 0 radical (unpaired) electrons. The molecule has 0 aromatic heterocycles. The number of aliphatic hydroxyl groups is 1. The SMILES string of the molecule is CCN(CCCCO)c1cccc(Br)c1. The summed E-state index contributed by atoms with van der Waals surface area (Å²) in [4.78, 5) is 2.32. The maximum Gasteiger partial charge on any atom is 0.0431 e. The van der Waals surface area contributed by atoms with Gasteiger partial charge in [0.25, 0.3) is 0 Å². The van der Waals surface area contributed by atoms with Gasteiger partial charge in [0.15, 0.2) is 0 Å². The van der Waals surface area contributed by atoms with Gasteiger partial charge in [-0.25, -0.2) is 0 Å². The van der Waals surface area contributed by atoms with Crippen LogP contribution in [0.4, 0.5) is 5.69 Å². The third kappa shape index (κ3) is 4.22. The van der Waals surface area contributed by atoms with Gasteiger partial charge in [-0.1, -0.05) is 22.0 Å². The molecule has 0 atom stereocenters. The standard InChI is InChI=1S/C12H18BrNO/c1-2-14(8-3-4-9-15)12-7-5-6-11(13)10-12/h5-7,10,15H,2-4,8-9H2,1H3. The number of rotatable bonds is 6. The lowest BCUT2D eigenvalue weighted by atomic mass is 10.2. The van der Waals surface area contributed by atoms with Crippen molar-refractivity contribution >= 4 is 21.6 Å². The highest BCUT2D eigenvalue weighted by Gasteiger charge is 2.03. The van der Waals surface area contributed by atoms with Crippen molar-refractivity contribution in [2.75, 3.05) is 24.6 Å². The smallest absolute Gasteiger partial charge is 0.0431 e. The van der Waals surface area contributed by atoms with Crippen LogP contribution in [-0.4, -0.2) is 24.8 Å². The van der Waals surface area contributed by atoms with E-state index in [-0.39, 0.29) is 6.61 Å². The largest absolute Gasteiger partial charge is 0.396 e. The first-order valence-electron chi connectivity index (χ1n) is 5.39. The fraction of sp³-hybridized carbons (Fsp3) is 0.500. The van der Waals surface area contributed by atoms with E-state index < -0.39 is 0 Å². The Hall–Kier alpha value is -0.540. The molecule has 0 saturated carbocycles. The summed E-state index contributed by atoms with van der Waals surface area (Å²) >= 11 is 3.47. The predicted octanol–water partition coefficient (Wildman–Crippen LogP) is 3.05. The highest BCUT2D eigenvalue weighted by atomic mass is 79.9. The van der Waals surface area contributed by atoms with Gasteiger partial charge in [-0.2, -0.15) is 0 Å². The van der Waals surface area contributed by atoms with Gasteiger partial charge in [-0.3, -0.25) is 0 Å². The van der Waals surface area contributed by atoms with Crippen LogP contribution in [0.25, 0.3) is 0 Å². The van der Waals surface area contributed by atoms with E-state index in [1.54, 1.807) is 0 Å². The van der Waals surface area contributed by atoms with Crippen LogP contribution >= 0.6 is 15.9 Å². The lowest BCUT2D eigenvalue weighted by Gasteiger charge is -2.23. The molecule has 0 heterocycles. The van der Waals surface area contributed by atoms with Crippen molar-refractivity contribution in [3.63, 3.8) is 0 Å². The molecule has 0 fully saturated rings. The maximum atomic E-state index is 8.74. The zero-order valence-electron chi connectivity index (χ0n) is 9.12. The molecular weight excluding hydrogens is 254 g/mol. The second-order valence-electron chi connectivity index (χ2n) is 3.49. The van der Waals surface area contributed by atoms with E-state index in [4.69, 9.17) is 5.11 Å². The van der Waals surface area contributed by atoms with Crippen LogP contribution in [0.2, 0.25) is 0 Å². The molecule has 1 aromatic rings. The lowest BCUT2D eigenvalue weighted by molar-refractivity contribution is 0.285. The molecule has 0 aliphatic heterocycles. The second-order valence-corrected chi connectivity index (χ2v) is 4.41. The molecule has 15 heavy (non-hydrogen) atoms. The quantitative estimate of drug-likeness (QED) is 0.804. The van der Waals surface area contributed by atoms with E-state index in [0.717, 1.165) is 30.4 Å². The van der Waals surface area contributed by atoms with Gasteiger partial charge < -0.3 is 10.0 Å². The number of hydrogen-bond acceptors (Lipinski definition) is 2. The Morgan fingerprint density at radius 2 is 2.13 bits per heavy atom.